The van der Waals surface area contributed by atoms with Gasteiger partial charge in [-0.2, -0.15) is 35.3 Å². The summed E-state index contributed by atoms with van der Waals surface area (Å²) in [6.07, 6.45) is -0.233. The molecule has 0 spiro atoms. The first-order valence-corrected chi connectivity index (χ1v) is 49.1. The van der Waals surface area contributed by atoms with Gasteiger partial charge in [-0.1, -0.05) is 82.3 Å². The Kier molecular flexibility index (Phi) is 36.5. The number of para-hydroxylation sites is 2. The SMILES string of the molecule is CC(C)[C@@H]1NC(=O)[C@H](Cc2c[nH]c3ccccc23)NC(=O)[C@@H]2CSCCC(=O)N3Cc4cccc(n4)CN(Cc4cccc(n4)CN(Cc4cccc(n4)C3)C(=O)CCSC[C@H](NC(=O)[C@H](C)N)C(=O)N[C@@H]3C(=O)N[C@@H](CCC[C@H]3O)C(=O)N2)C(=O)CCSC[C@@H](C(N)=O)NC(=O)[C@@H]2CCCN2C(=O)[C@H](C(C)C)NC(=O)[C@H](Cc2c[nH]c3ccccc23)NC(=O)CNC(=O)[C@H](CC(=O)O)NC1=O. The number of hydrogen-bond donors (Lipinski definition) is 17. The summed E-state index contributed by atoms with van der Waals surface area (Å²) < 4.78 is 0. The molecule has 5 aliphatic heterocycles. The van der Waals surface area contributed by atoms with Crippen LogP contribution < -0.4 is 70.0 Å². The van der Waals surface area contributed by atoms with Gasteiger partial charge < -0.3 is 110 Å². The maximum Gasteiger partial charge on any atom is 0.305 e. The number of carboxylic acid groups (broad SMARTS) is 1. The number of rotatable bonds is 11. The van der Waals surface area contributed by atoms with Crippen molar-refractivity contribution in [2.75, 3.05) is 47.6 Å². The minimum Gasteiger partial charge on any atom is -0.481 e. The van der Waals surface area contributed by atoms with Gasteiger partial charge in [0.1, 0.15) is 66.5 Å². The van der Waals surface area contributed by atoms with Gasteiger partial charge in [-0.3, -0.25) is 96.5 Å². The number of benzene rings is 2. The van der Waals surface area contributed by atoms with E-state index < -0.39 is 204 Å². The van der Waals surface area contributed by atoms with E-state index in [0.717, 1.165) is 35.3 Å². The molecule has 2 aromatic carbocycles. The number of nitrogens with two attached hydrogens (primary N) is 2. The summed E-state index contributed by atoms with van der Waals surface area (Å²) in [7, 11) is 0. The second-order valence-electron chi connectivity index (χ2n) is 35.3. The second-order valence-corrected chi connectivity index (χ2v) is 38.8. The highest BCUT2D eigenvalue weighted by atomic mass is 32.2. The van der Waals surface area contributed by atoms with Crippen LogP contribution in [0.1, 0.15) is 138 Å². The molecule has 44 heteroatoms. The van der Waals surface area contributed by atoms with E-state index in [2.05, 4.69) is 68.5 Å². The molecule has 13 atom stereocenters. The predicted molar refractivity (Wildman–Crippen MR) is 507 cm³/mol. The summed E-state index contributed by atoms with van der Waals surface area (Å²) >= 11 is 3.27. The van der Waals surface area contributed by atoms with Crippen molar-refractivity contribution in [1.29, 1.82) is 0 Å². The van der Waals surface area contributed by atoms with Crippen LogP contribution in [0.4, 0.5) is 0 Å². The molecule has 7 aromatic rings. The maximum atomic E-state index is 15.6. The van der Waals surface area contributed by atoms with E-state index in [1.807, 2.05) is 0 Å². The van der Waals surface area contributed by atoms with E-state index in [1.165, 1.54) is 40.4 Å². The molecule has 0 saturated carbocycles. The van der Waals surface area contributed by atoms with Crippen molar-refractivity contribution in [3.63, 3.8) is 0 Å². The standard InChI is InChI=1S/C93H118N22O19S3/c1-50(2)79-91(132)105-68(37-78(121)122)84(125)98-40-74(117)102-66(35-53-38-96-63-23-8-6-21-61(53)63)86(127)110-80(51(3)4)93(134)115-31-14-26-72(115)90(131)106-69(82(95)123)47-135-32-28-75(118)112-41-55-15-10-17-57(99-55)43-113-44-58-19-12-20-60(101-58)46-114(45-59-18-11-16-56(42-112)100-59)77(120)30-34-137-49-71(107-83(124)52(5)94)89(130)111-81-73(116)27-13-25-65(103-92(81)133)85(126)108-70(48-136-33-29-76(113)119)88(129)104-67(87(128)109-79)36-54-39-97-64-24-9-7-22-62(54)64/h6-12,15-24,38-39,50-52,65-73,79-81,96-97,116H,13-14,25-37,40-49,94H2,1-5H3,(H2,95,123)(H,98,125)(H,102,117)(H,103,133)(H,104,129)(H,105,132)(H,106,131)(H,107,124)(H,108,126)(H,109,128)(H,110,127)(H,111,130)(H,121,122)/t52-,65-,66-,67-,68-,69-,70-,71-,72-,73+,79-,80-,81-/m0/s1. The molecule has 19 N–H and O–H groups in total. The third-order valence-corrected chi connectivity index (χ3v) is 27.4. The van der Waals surface area contributed by atoms with Gasteiger partial charge in [-0.15, -0.1) is 0 Å². The lowest BCUT2D eigenvalue weighted by atomic mass is 9.97. The number of pyridine rings is 3. The third kappa shape index (κ3) is 28.6. The predicted octanol–water partition coefficient (Wildman–Crippen LogP) is -0.264. The lowest BCUT2D eigenvalue weighted by molar-refractivity contribution is -0.143. The van der Waals surface area contributed by atoms with Crippen molar-refractivity contribution in [1.82, 2.24) is 103 Å². The van der Waals surface area contributed by atoms with Crippen LogP contribution in [0.5, 0.6) is 0 Å². The topological polar surface area (TPSA) is 598 Å². The molecule has 16 amide bonds. The zero-order chi connectivity index (χ0) is 98.3. The Morgan fingerprint density at radius 3 is 1.44 bits per heavy atom. The fourth-order valence-corrected chi connectivity index (χ4v) is 19.6. The third-order valence-electron chi connectivity index (χ3n) is 24.2. The van der Waals surface area contributed by atoms with E-state index in [-0.39, 0.29) is 138 Å². The van der Waals surface area contributed by atoms with Crippen molar-refractivity contribution < 1.29 is 91.7 Å². The number of primary amides is 1. The Hall–Kier alpha value is -13.1. The minimum atomic E-state index is -1.95. The molecule has 732 valence electrons. The second kappa shape index (κ2) is 48.6. The number of aliphatic carboxylic acids is 1. The molecule has 0 radical (unpaired) electrons. The average Bonchev–Trinajstić information content (AvgIpc) is 1.67. The monoisotopic (exact) mass is 1940 g/mol. The lowest BCUT2D eigenvalue weighted by Crippen LogP contribution is -2.63. The Morgan fingerprint density at radius 1 is 0.474 bits per heavy atom. The maximum absolute atomic E-state index is 15.6. The number of aromatic amines is 2. The van der Waals surface area contributed by atoms with Crippen LogP contribution in [0.15, 0.2) is 116 Å². The number of nitrogens with one attached hydrogen (secondary N) is 13. The molecule has 137 heavy (non-hydrogen) atoms. The summed E-state index contributed by atoms with van der Waals surface area (Å²) in [6, 6.07) is 11.5. The number of aliphatic hydroxyl groups is 1. The van der Waals surface area contributed by atoms with Crippen LogP contribution in [-0.2, 0) is 134 Å². The van der Waals surface area contributed by atoms with Gasteiger partial charge in [0.05, 0.1) is 98.5 Å². The number of H-pyrrole nitrogens is 2. The number of hydrogen-bond acceptors (Lipinski definition) is 25. The summed E-state index contributed by atoms with van der Waals surface area (Å²) in [6.45, 7) is 6.19. The number of carboxylic acids is 1. The fourth-order valence-electron chi connectivity index (χ4n) is 16.7. The van der Waals surface area contributed by atoms with Crippen molar-refractivity contribution in [3.8, 4) is 0 Å². The van der Waals surface area contributed by atoms with Crippen LogP contribution in [0, 0.1) is 11.8 Å². The molecular weight excluding hydrogens is 1830 g/mol. The molecule has 5 aliphatic rings. The average molecular weight is 1940 g/mol. The van der Waals surface area contributed by atoms with E-state index in [4.69, 9.17) is 26.4 Å². The Morgan fingerprint density at radius 2 is 0.942 bits per heavy atom. The van der Waals surface area contributed by atoms with Crippen LogP contribution in [0.3, 0.4) is 0 Å². The number of thioether (sulfide) groups is 3. The van der Waals surface area contributed by atoms with Crippen molar-refractivity contribution >= 4 is 158 Å². The fraction of sp³-hybridized carbons (Fsp3) is 0.484. The molecule has 41 nitrogen and oxygen atoms in total. The number of aliphatic hydroxyl groups excluding tert-OH is 1. The summed E-state index contributed by atoms with van der Waals surface area (Å²) in [4.78, 5) is 275. The van der Waals surface area contributed by atoms with Gasteiger partial charge in [0, 0.05) is 107 Å². The summed E-state index contributed by atoms with van der Waals surface area (Å²) in [5, 5.41) is 52.2. The molecule has 2 saturated heterocycles. The zero-order valence-corrected chi connectivity index (χ0v) is 79.1. The van der Waals surface area contributed by atoms with E-state index in [0.29, 0.717) is 73.5 Å². The van der Waals surface area contributed by atoms with Gasteiger partial charge >= 0.3 is 5.97 Å². The van der Waals surface area contributed by atoms with Gasteiger partial charge in [0.15, 0.2) is 0 Å². The highest BCUT2D eigenvalue weighted by Crippen LogP contribution is 2.28. The molecule has 12 rings (SSSR count). The molecule has 2 fully saturated rings. The molecule has 10 heterocycles. The molecule has 5 aromatic heterocycles. The number of carbonyl (C=O) groups excluding carboxylic acids is 16. The van der Waals surface area contributed by atoms with Gasteiger partial charge in [0.2, 0.25) is 94.5 Å². The quantitative estimate of drug-likeness (QED) is 0.0793. The molecule has 0 aliphatic carbocycles. The van der Waals surface area contributed by atoms with Crippen LogP contribution in [0.25, 0.3) is 21.8 Å². The number of aromatic nitrogens is 5. The highest BCUT2D eigenvalue weighted by molar-refractivity contribution is 7.99. The number of carbonyl (C=O) groups is 17. The normalized spacial score (nSPS) is 24.6. The molecule has 12 bridgehead atoms. The van der Waals surface area contributed by atoms with Crippen molar-refractivity contribution in [2.24, 2.45) is 23.3 Å². The van der Waals surface area contributed by atoms with Gasteiger partial charge in [-0.25, -0.2) is 0 Å². The first kappa shape index (κ1) is 103. The summed E-state index contributed by atoms with van der Waals surface area (Å²) in [5.41, 5.74) is 16.7. The summed E-state index contributed by atoms with van der Waals surface area (Å²) in [5.74, 6) is -17.1. The lowest BCUT2D eigenvalue weighted by Gasteiger charge is -2.32. The highest BCUT2D eigenvalue weighted by Gasteiger charge is 2.44. The van der Waals surface area contributed by atoms with Crippen LogP contribution in [-0.4, -0.2) is 281 Å². The zero-order valence-electron chi connectivity index (χ0n) is 76.7. The molecular formula is C93H118N22O19S3. The molecule has 0 unspecified atom stereocenters. The largest absolute Gasteiger partial charge is 0.481 e. The Balaban J connectivity index is 0.920. The smallest absolute Gasteiger partial charge is 0.305 e. The van der Waals surface area contributed by atoms with E-state index in [9.17, 15) is 67.7 Å². The Bertz CT molecular complexity index is 5620. The number of nitrogens with zero attached hydrogens (tertiary/aromatic N) is 7. The number of amides is 16. The van der Waals surface area contributed by atoms with E-state index >= 15 is 24.0 Å². The van der Waals surface area contributed by atoms with Crippen molar-refractivity contribution in [3.05, 3.63) is 161 Å². The van der Waals surface area contributed by atoms with Gasteiger partial charge in [-0.05, 0) is 111 Å². The minimum absolute atomic E-state index is 0.0441. The van der Waals surface area contributed by atoms with E-state index in [1.54, 1.807) is 129 Å². The number of fused-ring (bicyclic) bond motifs is 15. The first-order chi connectivity index (χ1) is 65.6. The van der Waals surface area contributed by atoms with Crippen molar-refractivity contribution in [2.45, 2.75) is 223 Å². The Labute approximate surface area is 802 Å². The van der Waals surface area contributed by atoms with Gasteiger partial charge in [0.25, 0.3) is 0 Å². The first-order valence-electron chi connectivity index (χ1n) is 45.7. The van der Waals surface area contributed by atoms with Crippen LogP contribution >= 0.6 is 35.3 Å². The van der Waals surface area contributed by atoms with Crippen LogP contribution in [0.2, 0.25) is 0 Å².